The van der Waals surface area contributed by atoms with E-state index in [-0.39, 0.29) is 0 Å². The van der Waals surface area contributed by atoms with Crippen molar-refractivity contribution in [1.29, 1.82) is 0 Å². The Morgan fingerprint density at radius 3 is 2.18 bits per heavy atom. The third-order valence-corrected chi connectivity index (χ3v) is 1.71. The van der Waals surface area contributed by atoms with Crippen molar-refractivity contribution in [3.05, 3.63) is 0 Å². The highest BCUT2D eigenvalue weighted by Gasteiger charge is 2.11. The molecule has 62 valence electrons. The van der Waals surface area contributed by atoms with Gasteiger partial charge in [0, 0.05) is 0 Å². The Labute approximate surface area is 67.1 Å². The van der Waals surface area contributed by atoms with Crippen molar-refractivity contribution in [2.45, 2.75) is 25.7 Å². The first kappa shape index (κ1) is 10.2. The molecule has 2 N–H and O–H groups in total. The zero-order chi connectivity index (χ0) is 9.07. The van der Waals surface area contributed by atoms with Gasteiger partial charge in [0.25, 0.3) is 0 Å². The second kappa shape index (κ2) is 3.56. The van der Waals surface area contributed by atoms with Crippen molar-refractivity contribution >= 4 is 14.0 Å². The van der Waals surface area contributed by atoms with Gasteiger partial charge in [0.1, 0.15) is 8.07 Å². The first-order chi connectivity index (χ1) is 4.83. The zero-order valence-corrected chi connectivity index (χ0v) is 7.88. The summed E-state index contributed by atoms with van der Waals surface area (Å²) >= 11 is 0. The second-order valence-electron chi connectivity index (χ2n) is 3.26. The van der Waals surface area contributed by atoms with E-state index >= 15 is 0 Å². The van der Waals surface area contributed by atoms with Crippen LogP contribution in [0.2, 0.25) is 19.6 Å². The van der Waals surface area contributed by atoms with Gasteiger partial charge in [-0.25, -0.2) is 4.79 Å². The van der Waals surface area contributed by atoms with Crippen LogP contribution in [0.25, 0.3) is 0 Å². The van der Waals surface area contributed by atoms with Crippen molar-refractivity contribution in [3.63, 3.8) is 0 Å². The summed E-state index contributed by atoms with van der Waals surface area (Å²) in [7, 11) is -1.55. The maximum Gasteiger partial charge on any atom is 0.345 e. The van der Waals surface area contributed by atoms with Gasteiger partial charge in [0.15, 0.2) is 0 Å². The van der Waals surface area contributed by atoms with Crippen LogP contribution in [0.15, 0.2) is 0 Å². The van der Waals surface area contributed by atoms with Gasteiger partial charge < -0.3 is 10.2 Å². The molecule has 0 aromatic heterocycles. The molecule has 0 saturated heterocycles. The third kappa shape index (κ3) is 5.64. The molecule has 0 rings (SSSR count). The predicted octanol–water partition coefficient (Wildman–Crippen LogP) is 0.313. The number of hydrogen-bond acceptors (Lipinski definition) is 2. The Hall–Kier alpha value is -0.793. The molecule has 11 heavy (non-hydrogen) atoms. The van der Waals surface area contributed by atoms with Crippen LogP contribution in [0, 0.1) is 11.5 Å². The van der Waals surface area contributed by atoms with E-state index < -0.39 is 20.1 Å². The van der Waals surface area contributed by atoms with Crippen LogP contribution in [-0.2, 0) is 4.79 Å². The fourth-order valence-electron chi connectivity index (χ4n) is 0.347. The lowest BCUT2D eigenvalue weighted by atomic mass is 10.4. The molecule has 0 aliphatic carbocycles. The van der Waals surface area contributed by atoms with E-state index in [1.807, 2.05) is 19.6 Å². The quantitative estimate of drug-likeness (QED) is 0.442. The summed E-state index contributed by atoms with van der Waals surface area (Å²) in [6.45, 7) is 5.94. The Balaban J connectivity index is 4.19. The third-order valence-electron chi connectivity index (χ3n) is 0.818. The number of aliphatic carboxylic acids is 1. The first-order valence-electron chi connectivity index (χ1n) is 3.26. The second-order valence-corrected chi connectivity index (χ2v) is 8.01. The molecule has 0 amide bonds. The number of carboxylic acids is 1. The summed E-state index contributed by atoms with van der Waals surface area (Å²) in [5.41, 5.74) is 2.76. The molecule has 0 aliphatic rings. The molecule has 0 heterocycles. The van der Waals surface area contributed by atoms with Crippen molar-refractivity contribution in [3.8, 4) is 11.5 Å². The predicted molar refractivity (Wildman–Crippen MR) is 44.8 cm³/mol. The Kier molecular flexibility index (Phi) is 3.30. The first-order valence-corrected chi connectivity index (χ1v) is 6.76. The molecular formula is C7H12O3Si. The molecule has 1 atom stereocenters. The van der Waals surface area contributed by atoms with Gasteiger partial charge in [0.05, 0.1) is 0 Å². The van der Waals surface area contributed by atoms with E-state index in [1.54, 1.807) is 0 Å². The maximum absolute atomic E-state index is 10.1. The topological polar surface area (TPSA) is 57.5 Å². The smallest absolute Gasteiger partial charge is 0.345 e. The number of carbonyl (C=O) groups is 1. The van der Waals surface area contributed by atoms with Crippen molar-refractivity contribution in [2.24, 2.45) is 0 Å². The zero-order valence-electron chi connectivity index (χ0n) is 6.88. The largest absolute Gasteiger partial charge is 0.479 e. The number of rotatable bonds is 1. The molecule has 3 nitrogen and oxygen atoms in total. The molecule has 0 saturated carbocycles. The number of carboxylic acid groups (broad SMARTS) is 1. The standard InChI is InChI=1S/C7H12O3Si/c1-11(2,3)5-4-6(8)7(9)10/h6,8H,1-3H3,(H,9,10)/t6-/m0/s1. The van der Waals surface area contributed by atoms with Crippen molar-refractivity contribution in [1.82, 2.24) is 0 Å². The highest BCUT2D eigenvalue weighted by Crippen LogP contribution is 1.96. The average molecular weight is 172 g/mol. The van der Waals surface area contributed by atoms with Gasteiger partial charge in [-0.05, 0) is 0 Å². The van der Waals surface area contributed by atoms with Gasteiger partial charge >= 0.3 is 5.97 Å². The molecule has 0 spiro atoms. The van der Waals surface area contributed by atoms with E-state index in [2.05, 4.69) is 11.5 Å². The lowest BCUT2D eigenvalue weighted by molar-refractivity contribution is -0.143. The fourth-order valence-corrected chi connectivity index (χ4v) is 0.916. The molecule has 0 unspecified atom stereocenters. The minimum absolute atomic E-state index is 1.28. The van der Waals surface area contributed by atoms with Crippen LogP contribution in [0.5, 0.6) is 0 Å². The van der Waals surface area contributed by atoms with Crippen molar-refractivity contribution in [2.75, 3.05) is 0 Å². The van der Waals surface area contributed by atoms with Crippen LogP contribution in [-0.4, -0.2) is 30.4 Å². The van der Waals surface area contributed by atoms with Gasteiger partial charge in [-0.1, -0.05) is 25.6 Å². The van der Waals surface area contributed by atoms with Crippen LogP contribution in [0.1, 0.15) is 0 Å². The molecular weight excluding hydrogens is 160 g/mol. The van der Waals surface area contributed by atoms with E-state index in [0.29, 0.717) is 0 Å². The number of hydrogen-bond donors (Lipinski definition) is 2. The highest BCUT2D eigenvalue weighted by atomic mass is 28.3. The minimum Gasteiger partial charge on any atom is -0.479 e. The van der Waals surface area contributed by atoms with Crippen LogP contribution in [0.4, 0.5) is 0 Å². The molecule has 0 aromatic rings. The summed E-state index contributed by atoms with van der Waals surface area (Å²) in [4.78, 5) is 10.1. The van der Waals surface area contributed by atoms with Crippen LogP contribution >= 0.6 is 0 Å². The molecule has 0 fully saturated rings. The molecule has 0 aliphatic heterocycles. The van der Waals surface area contributed by atoms with Gasteiger partial charge in [-0.3, -0.25) is 0 Å². The molecule has 0 aromatic carbocycles. The lowest BCUT2D eigenvalue weighted by Crippen LogP contribution is -2.21. The normalized spacial score (nSPS) is 13.1. The lowest BCUT2D eigenvalue weighted by Gasteiger charge is -2.03. The Morgan fingerprint density at radius 1 is 1.45 bits per heavy atom. The monoisotopic (exact) mass is 172 g/mol. The summed E-state index contributed by atoms with van der Waals surface area (Å²) in [5, 5.41) is 17.0. The molecule has 4 heteroatoms. The van der Waals surface area contributed by atoms with Crippen LogP contribution in [0.3, 0.4) is 0 Å². The summed E-state index contributed by atoms with van der Waals surface area (Å²) in [5.74, 6) is 1.01. The molecule has 0 bridgehead atoms. The van der Waals surface area contributed by atoms with Crippen LogP contribution < -0.4 is 0 Å². The van der Waals surface area contributed by atoms with Crippen molar-refractivity contribution < 1.29 is 15.0 Å². The van der Waals surface area contributed by atoms with Gasteiger partial charge in [-0.2, -0.15) is 0 Å². The average Bonchev–Trinajstić information content (AvgIpc) is 1.80. The number of aliphatic hydroxyl groups is 1. The van der Waals surface area contributed by atoms with E-state index in [9.17, 15) is 4.79 Å². The summed E-state index contributed by atoms with van der Waals surface area (Å²) in [6, 6.07) is 0. The SMILES string of the molecule is C[Si](C)(C)C#C[C@H](O)C(=O)O. The fraction of sp³-hybridized carbons (Fsp3) is 0.571. The maximum atomic E-state index is 10.1. The highest BCUT2D eigenvalue weighted by molar-refractivity contribution is 6.83. The summed E-state index contributed by atoms with van der Waals surface area (Å²) < 4.78 is 0. The Bertz CT molecular complexity index is 206. The summed E-state index contributed by atoms with van der Waals surface area (Å²) in [6.07, 6.45) is -1.53. The number of aliphatic hydroxyl groups excluding tert-OH is 1. The van der Waals surface area contributed by atoms with E-state index in [0.717, 1.165) is 0 Å². The van der Waals surface area contributed by atoms with E-state index in [1.165, 1.54) is 0 Å². The Morgan fingerprint density at radius 2 is 1.91 bits per heavy atom. The van der Waals surface area contributed by atoms with Gasteiger partial charge in [-0.15, -0.1) is 5.54 Å². The minimum atomic E-state index is -1.55. The van der Waals surface area contributed by atoms with Gasteiger partial charge in [0.2, 0.25) is 6.10 Å². The van der Waals surface area contributed by atoms with E-state index in [4.69, 9.17) is 10.2 Å². The molecule has 0 radical (unpaired) electrons.